The van der Waals surface area contributed by atoms with Crippen molar-refractivity contribution in [2.24, 2.45) is 7.05 Å². The summed E-state index contributed by atoms with van der Waals surface area (Å²) >= 11 is 0. The molecule has 3 aromatic rings. The van der Waals surface area contributed by atoms with Gasteiger partial charge in [-0.15, -0.1) is 0 Å². The fourth-order valence-electron chi connectivity index (χ4n) is 2.89. The molecule has 0 aliphatic carbocycles. The number of carbonyl (C=O) groups is 2. The van der Waals surface area contributed by atoms with Crippen molar-refractivity contribution < 1.29 is 19.4 Å². The van der Waals surface area contributed by atoms with Crippen molar-refractivity contribution in [1.82, 2.24) is 19.6 Å². The number of rotatable bonds is 7. The summed E-state index contributed by atoms with van der Waals surface area (Å²) in [6.07, 6.45) is 2.72. The van der Waals surface area contributed by atoms with Crippen LogP contribution in [0.25, 0.3) is 0 Å². The Morgan fingerprint density at radius 1 is 0.969 bits per heavy atom. The van der Waals surface area contributed by atoms with E-state index < -0.39 is 33.0 Å². The van der Waals surface area contributed by atoms with Crippen LogP contribution in [-0.4, -0.2) is 41.2 Å². The first-order valence-electron chi connectivity index (χ1n) is 9.23. The van der Waals surface area contributed by atoms with Crippen molar-refractivity contribution in [3.8, 4) is 0 Å². The van der Waals surface area contributed by atoms with Crippen LogP contribution >= 0.6 is 0 Å². The molecule has 0 aliphatic rings. The summed E-state index contributed by atoms with van der Waals surface area (Å²) in [5.41, 5.74) is -0.306. The van der Waals surface area contributed by atoms with Gasteiger partial charge in [-0.05, 0) is 13.8 Å². The predicted molar refractivity (Wildman–Crippen MR) is 112 cm³/mol. The summed E-state index contributed by atoms with van der Waals surface area (Å²) in [6, 6.07) is 2.57. The molecule has 0 unspecified atom stereocenters. The first kappa shape index (κ1) is 22.1. The van der Waals surface area contributed by atoms with Crippen LogP contribution in [0.5, 0.6) is 0 Å². The average Bonchev–Trinajstić information content (AvgIpc) is 3.31. The molecule has 0 bridgehead atoms. The SMILES string of the molecule is CCn1ncc(NC(=O)c2cc([N+](=O)[O-])cc([N+](=O)[O-])c2)c1C(=O)Nc1cnn(C)c1C. The van der Waals surface area contributed by atoms with Crippen LogP contribution < -0.4 is 10.6 Å². The Morgan fingerprint density at radius 3 is 2.03 bits per heavy atom. The van der Waals surface area contributed by atoms with Crippen LogP contribution in [0.4, 0.5) is 22.7 Å². The molecule has 1 aromatic carbocycles. The topological polar surface area (TPSA) is 180 Å². The van der Waals surface area contributed by atoms with E-state index in [1.54, 1.807) is 25.6 Å². The summed E-state index contributed by atoms with van der Waals surface area (Å²) in [7, 11) is 1.71. The molecular weight excluding hydrogens is 424 g/mol. The normalized spacial score (nSPS) is 10.6. The molecule has 2 aromatic heterocycles. The second kappa shape index (κ2) is 8.63. The van der Waals surface area contributed by atoms with Gasteiger partial charge in [-0.2, -0.15) is 10.2 Å². The van der Waals surface area contributed by atoms with Crippen molar-refractivity contribution in [3.05, 3.63) is 67.8 Å². The Labute approximate surface area is 180 Å². The van der Waals surface area contributed by atoms with Gasteiger partial charge in [0, 0.05) is 25.7 Å². The van der Waals surface area contributed by atoms with Crippen LogP contribution in [-0.2, 0) is 13.6 Å². The van der Waals surface area contributed by atoms with Gasteiger partial charge in [-0.25, -0.2) is 0 Å². The number of nitrogens with zero attached hydrogens (tertiary/aromatic N) is 6. The van der Waals surface area contributed by atoms with Gasteiger partial charge in [0.25, 0.3) is 23.2 Å². The first-order valence-corrected chi connectivity index (χ1v) is 9.23. The van der Waals surface area contributed by atoms with Crippen LogP contribution in [0.15, 0.2) is 30.6 Å². The average molecular weight is 442 g/mol. The van der Waals surface area contributed by atoms with E-state index >= 15 is 0 Å². The van der Waals surface area contributed by atoms with E-state index in [2.05, 4.69) is 20.8 Å². The Kier molecular flexibility index (Phi) is 5.95. The smallest absolute Gasteiger partial charge is 0.277 e. The number of benzene rings is 1. The number of amides is 2. The predicted octanol–water partition coefficient (Wildman–Crippen LogP) is 2.27. The minimum absolute atomic E-state index is 0.0315. The highest BCUT2D eigenvalue weighted by molar-refractivity contribution is 6.12. The molecule has 0 spiro atoms. The third-order valence-corrected chi connectivity index (χ3v) is 4.67. The standard InChI is InChI=1S/C18H18N8O6/c1-4-24-16(18(28)21-14-8-19-23(3)10(14)2)15(9-20-24)22-17(27)11-5-12(25(29)30)7-13(6-11)26(31)32/h5-9H,4H2,1-3H3,(H,21,28)(H,22,27). The number of nitrogens with one attached hydrogen (secondary N) is 2. The van der Waals surface area contributed by atoms with E-state index in [1.165, 1.54) is 17.1 Å². The molecule has 0 fully saturated rings. The molecule has 166 valence electrons. The van der Waals surface area contributed by atoms with E-state index in [1.807, 2.05) is 0 Å². The lowest BCUT2D eigenvalue weighted by atomic mass is 10.1. The summed E-state index contributed by atoms with van der Waals surface area (Å²) in [6.45, 7) is 3.82. The van der Waals surface area contributed by atoms with Crippen molar-refractivity contribution in [2.45, 2.75) is 20.4 Å². The summed E-state index contributed by atoms with van der Waals surface area (Å²) in [5.74, 6) is -1.44. The minimum Gasteiger partial charge on any atom is -0.319 e. The molecule has 14 nitrogen and oxygen atoms in total. The lowest BCUT2D eigenvalue weighted by Gasteiger charge is -2.10. The Bertz CT molecular complexity index is 1210. The monoisotopic (exact) mass is 442 g/mol. The van der Waals surface area contributed by atoms with Gasteiger partial charge in [-0.3, -0.25) is 39.2 Å². The van der Waals surface area contributed by atoms with Crippen LogP contribution in [0, 0.1) is 27.2 Å². The van der Waals surface area contributed by atoms with Crippen molar-refractivity contribution in [3.63, 3.8) is 0 Å². The maximum atomic E-state index is 12.9. The van der Waals surface area contributed by atoms with Gasteiger partial charge in [-0.1, -0.05) is 0 Å². The number of aryl methyl sites for hydroxylation is 2. The highest BCUT2D eigenvalue weighted by Crippen LogP contribution is 2.25. The zero-order valence-corrected chi connectivity index (χ0v) is 17.2. The number of nitro groups is 2. The van der Waals surface area contributed by atoms with Gasteiger partial charge >= 0.3 is 0 Å². The number of non-ortho nitro benzene ring substituents is 2. The Hall–Kier alpha value is -4.62. The lowest BCUT2D eigenvalue weighted by molar-refractivity contribution is -0.394. The molecule has 2 heterocycles. The number of hydrogen-bond donors (Lipinski definition) is 2. The zero-order chi connectivity index (χ0) is 23.6. The number of carbonyl (C=O) groups excluding carboxylic acids is 2. The summed E-state index contributed by atoms with van der Waals surface area (Å²) in [4.78, 5) is 46.1. The molecule has 2 N–H and O–H groups in total. The molecule has 2 amide bonds. The molecule has 0 radical (unpaired) electrons. The van der Waals surface area contributed by atoms with Crippen LogP contribution in [0.2, 0.25) is 0 Å². The second-order valence-corrected chi connectivity index (χ2v) is 6.65. The first-order chi connectivity index (χ1) is 15.1. The molecule has 3 rings (SSSR count). The van der Waals surface area contributed by atoms with Crippen LogP contribution in [0.1, 0.15) is 33.5 Å². The van der Waals surface area contributed by atoms with Crippen molar-refractivity contribution in [2.75, 3.05) is 10.6 Å². The van der Waals surface area contributed by atoms with Gasteiger partial charge in [0.15, 0.2) is 0 Å². The molecule has 32 heavy (non-hydrogen) atoms. The third kappa shape index (κ3) is 4.28. The fourth-order valence-corrected chi connectivity index (χ4v) is 2.89. The highest BCUT2D eigenvalue weighted by atomic mass is 16.6. The van der Waals surface area contributed by atoms with E-state index in [0.29, 0.717) is 17.9 Å². The number of anilines is 2. The maximum absolute atomic E-state index is 12.9. The lowest BCUT2D eigenvalue weighted by Crippen LogP contribution is -2.21. The van der Waals surface area contributed by atoms with Crippen molar-refractivity contribution in [1.29, 1.82) is 0 Å². The summed E-state index contributed by atoms with van der Waals surface area (Å²) in [5, 5.41) is 35.4. The number of aromatic nitrogens is 4. The second-order valence-electron chi connectivity index (χ2n) is 6.65. The van der Waals surface area contributed by atoms with E-state index in [0.717, 1.165) is 18.2 Å². The fraction of sp³-hybridized carbons (Fsp3) is 0.222. The van der Waals surface area contributed by atoms with Gasteiger partial charge < -0.3 is 10.6 Å². The highest BCUT2D eigenvalue weighted by Gasteiger charge is 2.24. The minimum atomic E-state index is -0.876. The quantitative estimate of drug-likeness (QED) is 0.413. The van der Waals surface area contributed by atoms with Crippen LogP contribution in [0.3, 0.4) is 0 Å². The molecular formula is C18H18N8O6. The zero-order valence-electron chi connectivity index (χ0n) is 17.2. The maximum Gasteiger partial charge on any atom is 0.277 e. The summed E-state index contributed by atoms with van der Waals surface area (Å²) < 4.78 is 2.93. The van der Waals surface area contributed by atoms with Gasteiger partial charge in [0.2, 0.25) is 0 Å². The molecule has 0 saturated carbocycles. The van der Waals surface area contributed by atoms with E-state index in [4.69, 9.17) is 0 Å². The van der Waals surface area contributed by atoms with Gasteiger partial charge in [0.1, 0.15) is 5.69 Å². The number of nitro benzene ring substituents is 2. The van der Waals surface area contributed by atoms with E-state index in [-0.39, 0.29) is 16.9 Å². The van der Waals surface area contributed by atoms with E-state index in [9.17, 15) is 29.8 Å². The Balaban J connectivity index is 1.93. The molecule has 14 heteroatoms. The number of hydrogen-bond acceptors (Lipinski definition) is 8. The Morgan fingerprint density at radius 2 is 1.53 bits per heavy atom. The molecule has 0 aliphatic heterocycles. The van der Waals surface area contributed by atoms with Gasteiger partial charge in [0.05, 0.1) is 50.9 Å². The van der Waals surface area contributed by atoms with Crippen molar-refractivity contribution >= 4 is 34.6 Å². The third-order valence-electron chi connectivity index (χ3n) is 4.67. The largest absolute Gasteiger partial charge is 0.319 e. The molecule has 0 saturated heterocycles. The molecule has 0 atom stereocenters.